The normalized spacial score (nSPS) is 18.2. The SMILES string of the molecule is CC1(CNC(=O)OCc2ccccc2)CC(=O)c2cc(C#N)ccc2O1. The number of nitrogens with one attached hydrogen (secondary N) is 1. The van der Waals surface area contributed by atoms with Crippen LogP contribution in [0.1, 0.15) is 34.8 Å². The quantitative estimate of drug-likeness (QED) is 0.915. The molecule has 0 radical (unpaired) electrons. The number of nitrogens with zero attached hydrogens (tertiary/aromatic N) is 1. The van der Waals surface area contributed by atoms with E-state index in [9.17, 15) is 9.59 Å². The number of ether oxygens (including phenoxy) is 2. The van der Waals surface area contributed by atoms with Gasteiger partial charge in [-0.2, -0.15) is 5.26 Å². The maximum atomic E-state index is 12.4. The van der Waals surface area contributed by atoms with Gasteiger partial charge < -0.3 is 14.8 Å². The minimum atomic E-state index is -0.871. The van der Waals surface area contributed by atoms with Crippen molar-refractivity contribution in [2.24, 2.45) is 0 Å². The Hall–Kier alpha value is -3.33. The summed E-state index contributed by atoms with van der Waals surface area (Å²) in [5.41, 5.74) is 0.824. The molecular weight excluding hydrogens is 332 g/mol. The first-order valence-electron chi connectivity index (χ1n) is 8.20. The van der Waals surface area contributed by atoms with Gasteiger partial charge in [0.2, 0.25) is 0 Å². The van der Waals surface area contributed by atoms with Gasteiger partial charge in [0.25, 0.3) is 0 Å². The van der Waals surface area contributed by atoms with Crippen LogP contribution in [0.4, 0.5) is 4.79 Å². The summed E-state index contributed by atoms with van der Waals surface area (Å²) in [6, 6.07) is 16.1. The number of fused-ring (bicyclic) bond motifs is 1. The zero-order chi connectivity index (χ0) is 18.6. The van der Waals surface area contributed by atoms with Crippen LogP contribution in [-0.2, 0) is 11.3 Å². The summed E-state index contributed by atoms with van der Waals surface area (Å²) >= 11 is 0. The number of carbonyl (C=O) groups is 2. The Bertz CT molecular complexity index is 873. The summed E-state index contributed by atoms with van der Waals surface area (Å²) in [6.45, 7) is 2.05. The van der Waals surface area contributed by atoms with Crippen molar-refractivity contribution in [2.75, 3.05) is 6.54 Å². The van der Waals surface area contributed by atoms with Gasteiger partial charge >= 0.3 is 6.09 Å². The number of ketones is 1. The molecule has 6 nitrogen and oxygen atoms in total. The number of hydrogen-bond acceptors (Lipinski definition) is 5. The molecule has 1 N–H and O–H groups in total. The molecule has 0 aliphatic carbocycles. The van der Waals surface area contributed by atoms with E-state index >= 15 is 0 Å². The third-order valence-corrected chi connectivity index (χ3v) is 4.12. The fourth-order valence-electron chi connectivity index (χ4n) is 2.77. The highest BCUT2D eigenvalue weighted by Gasteiger charge is 2.37. The Kier molecular flexibility index (Phi) is 4.90. The van der Waals surface area contributed by atoms with Crippen molar-refractivity contribution < 1.29 is 19.1 Å². The average molecular weight is 350 g/mol. The second-order valence-corrected chi connectivity index (χ2v) is 6.39. The monoisotopic (exact) mass is 350 g/mol. The number of hydrogen-bond donors (Lipinski definition) is 1. The maximum Gasteiger partial charge on any atom is 0.407 e. The number of benzene rings is 2. The molecule has 0 saturated carbocycles. The fraction of sp³-hybridized carbons (Fsp3) is 0.250. The first kappa shape index (κ1) is 17.5. The van der Waals surface area contributed by atoms with Crippen LogP contribution in [0.25, 0.3) is 0 Å². The van der Waals surface area contributed by atoms with Crippen molar-refractivity contribution in [3.63, 3.8) is 0 Å². The fourth-order valence-corrected chi connectivity index (χ4v) is 2.77. The molecule has 1 unspecified atom stereocenters. The largest absolute Gasteiger partial charge is 0.484 e. The smallest absolute Gasteiger partial charge is 0.407 e. The second kappa shape index (κ2) is 7.28. The van der Waals surface area contributed by atoms with Gasteiger partial charge in [0.1, 0.15) is 18.0 Å². The van der Waals surface area contributed by atoms with E-state index in [1.807, 2.05) is 36.4 Å². The molecule has 0 spiro atoms. The number of nitriles is 1. The zero-order valence-electron chi connectivity index (χ0n) is 14.3. The summed E-state index contributed by atoms with van der Waals surface area (Å²) in [5.74, 6) is 0.299. The molecule has 0 saturated heterocycles. The molecule has 132 valence electrons. The van der Waals surface area contributed by atoms with E-state index in [1.165, 1.54) is 6.07 Å². The van der Waals surface area contributed by atoms with Gasteiger partial charge in [-0.15, -0.1) is 0 Å². The molecule has 1 aliphatic rings. The first-order chi connectivity index (χ1) is 12.5. The molecular formula is C20H18N2O4. The summed E-state index contributed by atoms with van der Waals surface area (Å²) in [5, 5.41) is 11.6. The maximum absolute atomic E-state index is 12.4. The summed E-state index contributed by atoms with van der Waals surface area (Å²) in [7, 11) is 0. The van der Waals surface area contributed by atoms with Crippen LogP contribution in [0.15, 0.2) is 48.5 Å². The van der Waals surface area contributed by atoms with Crippen molar-refractivity contribution in [1.29, 1.82) is 5.26 Å². The minimum Gasteiger partial charge on any atom is -0.484 e. The van der Waals surface area contributed by atoms with Gasteiger partial charge in [0, 0.05) is 0 Å². The van der Waals surface area contributed by atoms with E-state index in [-0.39, 0.29) is 25.4 Å². The summed E-state index contributed by atoms with van der Waals surface area (Å²) in [6.07, 6.45) is -0.467. The zero-order valence-corrected chi connectivity index (χ0v) is 14.3. The van der Waals surface area contributed by atoms with Crippen LogP contribution in [0.5, 0.6) is 5.75 Å². The third kappa shape index (κ3) is 4.01. The molecule has 2 aromatic carbocycles. The molecule has 1 aliphatic heterocycles. The molecule has 0 bridgehead atoms. The molecule has 1 heterocycles. The molecule has 6 heteroatoms. The van der Waals surface area contributed by atoms with Crippen molar-refractivity contribution >= 4 is 11.9 Å². The van der Waals surface area contributed by atoms with E-state index in [0.717, 1.165) is 5.56 Å². The summed E-state index contributed by atoms with van der Waals surface area (Å²) < 4.78 is 11.1. The number of amides is 1. The molecule has 0 aromatic heterocycles. The van der Waals surface area contributed by atoms with Crippen LogP contribution in [0, 0.1) is 11.3 Å². The Morgan fingerprint density at radius 3 is 2.81 bits per heavy atom. The van der Waals surface area contributed by atoms with Crippen LogP contribution < -0.4 is 10.1 Å². The van der Waals surface area contributed by atoms with E-state index < -0.39 is 11.7 Å². The van der Waals surface area contributed by atoms with Gasteiger partial charge in [0.15, 0.2) is 5.78 Å². The van der Waals surface area contributed by atoms with E-state index in [1.54, 1.807) is 19.1 Å². The van der Waals surface area contributed by atoms with Gasteiger partial charge in [0.05, 0.1) is 30.2 Å². The Morgan fingerprint density at radius 1 is 1.31 bits per heavy atom. The average Bonchev–Trinajstić information content (AvgIpc) is 2.65. The van der Waals surface area contributed by atoms with E-state index in [2.05, 4.69) is 5.32 Å². The first-order valence-corrected chi connectivity index (χ1v) is 8.20. The van der Waals surface area contributed by atoms with Gasteiger partial charge in [-0.3, -0.25) is 4.79 Å². The van der Waals surface area contributed by atoms with Gasteiger partial charge in [-0.05, 0) is 30.7 Å². The van der Waals surface area contributed by atoms with Crippen LogP contribution in [0.3, 0.4) is 0 Å². The molecule has 26 heavy (non-hydrogen) atoms. The minimum absolute atomic E-state index is 0.105. The van der Waals surface area contributed by atoms with Crippen molar-refractivity contribution in [1.82, 2.24) is 5.32 Å². The van der Waals surface area contributed by atoms with Crippen molar-refractivity contribution in [3.8, 4) is 11.8 Å². The van der Waals surface area contributed by atoms with E-state index in [0.29, 0.717) is 16.9 Å². The highest BCUT2D eigenvalue weighted by Crippen LogP contribution is 2.33. The van der Waals surface area contributed by atoms with Crippen molar-refractivity contribution in [2.45, 2.75) is 25.6 Å². The predicted octanol–water partition coefficient (Wildman–Crippen LogP) is 3.21. The Balaban J connectivity index is 1.58. The Labute approximate surface area is 151 Å². The lowest BCUT2D eigenvalue weighted by Gasteiger charge is -2.34. The molecule has 2 aromatic rings. The standard InChI is InChI=1S/C20H18N2O4/c1-20(13-22-19(24)25-12-14-5-3-2-4-6-14)10-17(23)16-9-15(11-21)7-8-18(16)26-20/h2-9H,10,12-13H2,1H3,(H,22,24). The number of Topliss-reactive ketones (excluding diaryl/α,β-unsaturated/α-hetero) is 1. The van der Waals surface area contributed by atoms with Crippen LogP contribution >= 0.6 is 0 Å². The topological polar surface area (TPSA) is 88.4 Å². The highest BCUT2D eigenvalue weighted by atomic mass is 16.5. The molecule has 0 fully saturated rings. The van der Waals surface area contributed by atoms with Crippen LogP contribution in [0.2, 0.25) is 0 Å². The van der Waals surface area contributed by atoms with Crippen LogP contribution in [-0.4, -0.2) is 24.0 Å². The number of carbonyl (C=O) groups excluding carboxylic acids is 2. The number of alkyl carbamates (subject to hydrolysis) is 1. The van der Waals surface area contributed by atoms with Gasteiger partial charge in [-0.25, -0.2) is 4.79 Å². The molecule has 1 atom stereocenters. The summed E-state index contributed by atoms with van der Waals surface area (Å²) in [4.78, 5) is 24.3. The van der Waals surface area contributed by atoms with Gasteiger partial charge in [-0.1, -0.05) is 30.3 Å². The second-order valence-electron chi connectivity index (χ2n) is 6.39. The lowest BCUT2D eigenvalue weighted by atomic mass is 9.90. The lowest BCUT2D eigenvalue weighted by Crippen LogP contribution is -2.48. The number of rotatable bonds is 4. The van der Waals surface area contributed by atoms with Crippen molar-refractivity contribution in [3.05, 3.63) is 65.2 Å². The molecule has 1 amide bonds. The third-order valence-electron chi connectivity index (χ3n) is 4.12. The Morgan fingerprint density at radius 2 is 2.08 bits per heavy atom. The lowest BCUT2D eigenvalue weighted by molar-refractivity contribution is 0.0498. The molecule has 3 rings (SSSR count). The van der Waals surface area contributed by atoms with E-state index in [4.69, 9.17) is 14.7 Å². The highest BCUT2D eigenvalue weighted by molar-refractivity contribution is 6.00. The predicted molar refractivity (Wildman–Crippen MR) is 93.8 cm³/mol.